The molecule has 0 unspecified atom stereocenters. The Morgan fingerprint density at radius 1 is 1.33 bits per heavy atom. The van der Waals surface area contributed by atoms with Crippen LogP contribution in [0.25, 0.3) is 0 Å². The van der Waals surface area contributed by atoms with Crippen LogP contribution >= 0.6 is 0 Å². The van der Waals surface area contributed by atoms with Crippen LogP contribution in [0.3, 0.4) is 0 Å². The van der Waals surface area contributed by atoms with Crippen LogP contribution in [-0.4, -0.2) is 28.4 Å². The molecule has 1 N–H and O–H groups in total. The Kier molecular flexibility index (Phi) is 2.61. The predicted molar refractivity (Wildman–Crippen MR) is 50.6 cm³/mol. The van der Waals surface area contributed by atoms with Gasteiger partial charge in [0.2, 0.25) is 0 Å². The summed E-state index contributed by atoms with van der Waals surface area (Å²) in [5.41, 5.74) is -1.76. The molecule has 0 aromatic rings. The first-order valence-electron chi connectivity index (χ1n) is 4.51. The van der Waals surface area contributed by atoms with Crippen LogP contribution in [-0.2, 0) is 19.1 Å². The quantitative estimate of drug-likeness (QED) is 0.412. The number of ether oxygens (including phenoxy) is 2. The van der Waals surface area contributed by atoms with Crippen molar-refractivity contribution in [1.29, 1.82) is 0 Å². The molecule has 1 rings (SSSR count). The Morgan fingerprint density at radius 3 is 2.07 bits per heavy atom. The zero-order valence-corrected chi connectivity index (χ0v) is 8.99. The lowest BCUT2D eigenvalue weighted by Gasteiger charge is -2.37. The third-order valence-electron chi connectivity index (χ3n) is 1.91. The lowest BCUT2D eigenvalue weighted by Crippen LogP contribution is -2.58. The van der Waals surface area contributed by atoms with E-state index in [4.69, 9.17) is 9.47 Å². The van der Waals surface area contributed by atoms with E-state index >= 15 is 0 Å². The summed E-state index contributed by atoms with van der Waals surface area (Å²) in [5.74, 6) is -3.31. The van der Waals surface area contributed by atoms with Crippen LogP contribution in [0.1, 0.15) is 27.2 Å². The normalized spacial score (nSPS) is 22.9. The Bertz CT molecular complexity index is 309. The second-order valence-electron chi connectivity index (χ2n) is 4.17. The van der Waals surface area contributed by atoms with Gasteiger partial charge in [0, 0.05) is 20.3 Å². The fourth-order valence-corrected chi connectivity index (χ4v) is 1.30. The lowest BCUT2D eigenvalue weighted by atomic mass is 9.95. The summed E-state index contributed by atoms with van der Waals surface area (Å²) in [6, 6.07) is 0. The molecule has 5 nitrogen and oxygen atoms in total. The maximum atomic E-state index is 11.5. The summed E-state index contributed by atoms with van der Waals surface area (Å²) in [5, 5.41) is 9.80. The van der Waals surface area contributed by atoms with Gasteiger partial charge in [0.1, 0.15) is 0 Å². The van der Waals surface area contributed by atoms with Gasteiger partial charge < -0.3 is 14.6 Å². The van der Waals surface area contributed by atoms with Crippen molar-refractivity contribution in [2.45, 2.75) is 38.6 Å². The van der Waals surface area contributed by atoms with Crippen molar-refractivity contribution in [2.24, 2.45) is 0 Å². The minimum absolute atomic E-state index is 0.194. The van der Waals surface area contributed by atoms with Gasteiger partial charge in [0.15, 0.2) is 0 Å². The van der Waals surface area contributed by atoms with Crippen LogP contribution in [0, 0.1) is 0 Å². The van der Waals surface area contributed by atoms with Gasteiger partial charge in [-0.15, -0.1) is 0 Å². The molecule has 0 aliphatic carbocycles. The van der Waals surface area contributed by atoms with E-state index in [1.54, 1.807) is 6.92 Å². The Morgan fingerprint density at radius 2 is 1.73 bits per heavy atom. The third kappa shape index (κ3) is 2.18. The van der Waals surface area contributed by atoms with Gasteiger partial charge in [-0.25, -0.2) is 9.59 Å². The molecule has 1 saturated heterocycles. The Labute approximate surface area is 87.7 Å². The highest BCUT2D eigenvalue weighted by atomic mass is 16.8. The van der Waals surface area contributed by atoms with Crippen LogP contribution in [0.2, 0.25) is 0 Å². The van der Waals surface area contributed by atoms with Crippen molar-refractivity contribution in [2.75, 3.05) is 0 Å². The smallest absolute Gasteiger partial charge is 0.353 e. The highest BCUT2D eigenvalue weighted by Crippen LogP contribution is 2.29. The topological polar surface area (TPSA) is 72.8 Å². The van der Waals surface area contributed by atoms with Gasteiger partial charge in [-0.1, -0.05) is 12.2 Å². The minimum atomic E-state index is -2.25. The van der Waals surface area contributed by atoms with Gasteiger partial charge in [0.25, 0.3) is 11.4 Å². The summed E-state index contributed by atoms with van der Waals surface area (Å²) in [4.78, 5) is 22.9. The van der Waals surface area contributed by atoms with E-state index in [-0.39, 0.29) is 6.42 Å². The molecular weight excluding hydrogens is 200 g/mol. The second kappa shape index (κ2) is 3.34. The van der Waals surface area contributed by atoms with Crippen LogP contribution < -0.4 is 0 Å². The van der Waals surface area contributed by atoms with E-state index in [1.165, 1.54) is 13.8 Å². The van der Waals surface area contributed by atoms with E-state index in [0.717, 1.165) is 0 Å². The van der Waals surface area contributed by atoms with Crippen molar-refractivity contribution in [3.8, 4) is 0 Å². The van der Waals surface area contributed by atoms with Crippen molar-refractivity contribution in [3.63, 3.8) is 0 Å². The minimum Gasteiger partial charge on any atom is -0.421 e. The SMILES string of the molecule is C=C(C)CC1(O)C(=O)OC(C)(C)OC1=O. The van der Waals surface area contributed by atoms with Gasteiger partial charge in [-0.05, 0) is 6.92 Å². The Balaban J connectivity index is 2.97. The Hall–Kier alpha value is -1.36. The molecule has 1 fully saturated rings. The van der Waals surface area contributed by atoms with E-state index in [9.17, 15) is 14.7 Å². The molecule has 1 aliphatic rings. The highest BCUT2D eigenvalue weighted by Gasteiger charge is 2.55. The maximum Gasteiger partial charge on any atom is 0.353 e. The average Bonchev–Trinajstić information content (AvgIpc) is 1.98. The van der Waals surface area contributed by atoms with Gasteiger partial charge in [-0.3, -0.25) is 0 Å². The average molecular weight is 214 g/mol. The van der Waals surface area contributed by atoms with Gasteiger partial charge in [-0.2, -0.15) is 0 Å². The number of hydrogen-bond donors (Lipinski definition) is 1. The number of hydrogen-bond acceptors (Lipinski definition) is 5. The van der Waals surface area contributed by atoms with E-state index in [1.807, 2.05) is 0 Å². The molecule has 0 spiro atoms. The van der Waals surface area contributed by atoms with Crippen molar-refractivity contribution >= 4 is 11.9 Å². The molecule has 84 valence electrons. The van der Waals surface area contributed by atoms with Crippen LogP contribution in [0.15, 0.2) is 12.2 Å². The number of rotatable bonds is 2. The van der Waals surface area contributed by atoms with Crippen molar-refractivity contribution < 1.29 is 24.2 Å². The van der Waals surface area contributed by atoms with Crippen LogP contribution in [0.4, 0.5) is 0 Å². The fraction of sp³-hybridized carbons (Fsp3) is 0.600. The largest absolute Gasteiger partial charge is 0.421 e. The standard InChI is InChI=1S/C10H14O5/c1-6(2)5-10(13)7(11)14-9(3,4)15-8(10)12/h13H,1,5H2,2-4H3. The summed E-state index contributed by atoms with van der Waals surface area (Å²) in [7, 11) is 0. The maximum absolute atomic E-state index is 11.5. The molecule has 15 heavy (non-hydrogen) atoms. The zero-order chi connectivity index (χ0) is 11.9. The van der Waals surface area contributed by atoms with Crippen LogP contribution in [0.5, 0.6) is 0 Å². The van der Waals surface area contributed by atoms with Crippen molar-refractivity contribution in [1.82, 2.24) is 0 Å². The molecule has 1 heterocycles. The van der Waals surface area contributed by atoms with E-state index in [2.05, 4.69) is 6.58 Å². The number of carbonyl (C=O) groups is 2. The fourth-order valence-electron chi connectivity index (χ4n) is 1.30. The molecule has 5 heteroatoms. The molecular formula is C10H14O5. The summed E-state index contributed by atoms with van der Waals surface area (Å²) < 4.78 is 9.57. The van der Waals surface area contributed by atoms with Gasteiger partial charge >= 0.3 is 11.9 Å². The molecule has 0 atom stereocenters. The van der Waals surface area contributed by atoms with Gasteiger partial charge in [0.05, 0.1) is 0 Å². The summed E-state index contributed by atoms with van der Waals surface area (Å²) >= 11 is 0. The molecule has 0 aromatic heterocycles. The third-order valence-corrected chi connectivity index (χ3v) is 1.91. The van der Waals surface area contributed by atoms with E-state index in [0.29, 0.717) is 5.57 Å². The molecule has 0 bridgehead atoms. The molecule has 0 saturated carbocycles. The molecule has 0 radical (unpaired) electrons. The number of aliphatic hydroxyl groups is 1. The first kappa shape index (κ1) is 11.7. The summed E-state index contributed by atoms with van der Waals surface area (Å²) in [6.45, 7) is 7.96. The van der Waals surface area contributed by atoms with E-state index < -0.39 is 23.3 Å². The lowest BCUT2D eigenvalue weighted by molar-refractivity contribution is -0.259. The number of cyclic esters (lactones) is 2. The van der Waals surface area contributed by atoms with Crippen molar-refractivity contribution in [3.05, 3.63) is 12.2 Å². The second-order valence-corrected chi connectivity index (χ2v) is 4.17. The highest BCUT2D eigenvalue weighted by molar-refractivity contribution is 6.05. The summed E-state index contributed by atoms with van der Waals surface area (Å²) in [6.07, 6.45) is -0.194. The number of carbonyl (C=O) groups excluding carboxylic acids is 2. The molecule has 0 amide bonds. The molecule has 0 aromatic carbocycles. The number of esters is 2. The first-order valence-corrected chi connectivity index (χ1v) is 4.51. The monoisotopic (exact) mass is 214 g/mol. The predicted octanol–water partition coefficient (Wildman–Crippen LogP) is 0.520. The zero-order valence-electron chi connectivity index (χ0n) is 8.99. The first-order chi connectivity index (χ1) is 6.67. The molecule has 1 aliphatic heterocycles.